The van der Waals surface area contributed by atoms with Crippen molar-refractivity contribution in [2.24, 2.45) is 0 Å². The normalized spacial score (nSPS) is 29.6. The molecule has 2 fully saturated rings. The summed E-state index contributed by atoms with van der Waals surface area (Å²) in [6.07, 6.45) is -0.467. The van der Waals surface area contributed by atoms with E-state index in [1.54, 1.807) is 4.57 Å². The Labute approximate surface area is 214 Å². The number of nitrogens with zero attached hydrogens (tertiary/aromatic N) is 6. The molecule has 2 saturated heterocycles. The molecule has 7 atom stereocenters. The minimum absolute atomic E-state index is 0.0576. The number of nitrogens with two attached hydrogens (primary N) is 2. The molecule has 0 saturated carbocycles. The Morgan fingerprint density at radius 3 is 2.68 bits per heavy atom. The summed E-state index contributed by atoms with van der Waals surface area (Å²) >= 11 is 5.14. The fourth-order valence-corrected chi connectivity index (χ4v) is 5.75. The van der Waals surface area contributed by atoms with Crippen molar-refractivity contribution >= 4 is 41.3 Å². The second kappa shape index (κ2) is 10.3. The fourth-order valence-electron chi connectivity index (χ4n) is 4.28. The van der Waals surface area contributed by atoms with Crippen molar-refractivity contribution in [3.05, 3.63) is 35.4 Å². The number of hydrogen-bond acceptors (Lipinski definition) is 14. The van der Waals surface area contributed by atoms with Gasteiger partial charge >= 0.3 is 12.4 Å². The molecule has 7 N–H and O–H groups in total. The lowest BCUT2D eigenvalue weighted by atomic mass is 10.2. The van der Waals surface area contributed by atoms with Crippen molar-refractivity contribution in [2.45, 2.75) is 49.7 Å². The number of nitrogen functional groups attached to an aromatic ring is 2. The van der Waals surface area contributed by atoms with Crippen molar-refractivity contribution in [3.8, 4) is 0 Å². The summed E-state index contributed by atoms with van der Waals surface area (Å²) in [5, 5.41) is 20.2. The first-order chi connectivity index (χ1) is 17.6. The maximum absolute atomic E-state index is 12.1. The molecule has 2 aliphatic rings. The maximum atomic E-state index is 12.1. The van der Waals surface area contributed by atoms with Crippen molar-refractivity contribution in [1.29, 1.82) is 0 Å². The molecule has 0 aromatic carbocycles. The second-order valence-electron chi connectivity index (χ2n) is 8.51. The van der Waals surface area contributed by atoms with E-state index in [9.17, 15) is 19.9 Å². The standard InChI is InChI=1S/C19H25N8O8PS/c20-13-1-2-26(19(30)25-13)15-4-10(11(5-28)33-15)35-36(31,37)32-6-12-9(29)3-14(34-12)27-8-24-16-17(21)22-7-23-18(16)27/h1-2,7-12,14-15,28-29H,3-6H2,(H,31,37)(H2,20,25,30)(H2,21,22,23). The average molecular weight is 556 g/mol. The molecule has 200 valence electrons. The van der Waals surface area contributed by atoms with Crippen LogP contribution in [-0.4, -0.2) is 81.8 Å². The lowest BCUT2D eigenvalue weighted by Gasteiger charge is -2.24. The third-order valence-corrected chi connectivity index (χ3v) is 7.68. The van der Waals surface area contributed by atoms with E-state index in [1.807, 2.05) is 0 Å². The predicted octanol–water partition coefficient (Wildman–Crippen LogP) is -1.21. The van der Waals surface area contributed by atoms with Crippen LogP contribution in [0.15, 0.2) is 29.7 Å². The first-order valence-electron chi connectivity index (χ1n) is 11.2. The van der Waals surface area contributed by atoms with E-state index >= 15 is 0 Å². The molecule has 3 aromatic heterocycles. The van der Waals surface area contributed by atoms with Gasteiger partial charge in [0.25, 0.3) is 0 Å². The van der Waals surface area contributed by atoms with Gasteiger partial charge in [-0.3, -0.25) is 9.13 Å². The summed E-state index contributed by atoms with van der Waals surface area (Å²) in [7, 11) is 0. The van der Waals surface area contributed by atoms with Crippen LogP contribution in [-0.2, 0) is 30.3 Å². The molecular weight excluding hydrogens is 531 g/mol. The van der Waals surface area contributed by atoms with Crippen LogP contribution in [0.25, 0.3) is 11.2 Å². The number of aliphatic hydroxyl groups is 2. The lowest BCUT2D eigenvalue weighted by Crippen LogP contribution is -2.29. The number of fused-ring (bicyclic) bond motifs is 1. The van der Waals surface area contributed by atoms with Crippen LogP contribution >= 0.6 is 6.72 Å². The van der Waals surface area contributed by atoms with Gasteiger partial charge in [0.05, 0.1) is 31.7 Å². The van der Waals surface area contributed by atoms with Crippen LogP contribution in [0.2, 0.25) is 0 Å². The Hall–Kier alpha value is -2.60. The van der Waals surface area contributed by atoms with Crippen LogP contribution in [0.3, 0.4) is 0 Å². The zero-order chi connectivity index (χ0) is 26.3. The minimum Gasteiger partial charge on any atom is -0.394 e. The molecule has 0 spiro atoms. The molecule has 3 aromatic rings. The number of rotatable bonds is 8. The van der Waals surface area contributed by atoms with E-state index in [1.165, 1.54) is 29.5 Å². The van der Waals surface area contributed by atoms with Gasteiger partial charge in [0, 0.05) is 19.0 Å². The molecule has 0 amide bonds. The third-order valence-electron chi connectivity index (χ3n) is 6.09. The highest BCUT2D eigenvalue weighted by Crippen LogP contribution is 2.49. The second-order valence-corrected chi connectivity index (χ2v) is 11.3. The molecule has 0 aliphatic carbocycles. The van der Waals surface area contributed by atoms with E-state index in [0.717, 1.165) is 0 Å². The topological polar surface area (TPSA) is 228 Å². The van der Waals surface area contributed by atoms with E-state index < -0.39 is 55.9 Å². The van der Waals surface area contributed by atoms with Crippen LogP contribution < -0.4 is 17.2 Å². The molecule has 5 heterocycles. The van der Waals surface area contributed by atoms with Crippen LogP contribution in [0.4, 0.5) is 11.6 Å². The Bertz CT molecular complexity index is 1390. The predicted molar refractivity (Wildman–Crippen MR) is 130 cm³/mol. The fraction of sp³-hybridized carbons (Fsp3) is 0.526. The molecule has 18 heteroatoms. The average Bonchev–Trinajstić information content (AvgIpc) is 3.54. The minimum atomic E-state index is -3.86. The van der Waals surface area contributed by atoms with Crippen molar-refractivity contribution in [1.82, 2.24) is 29.1 Å². The van der Waals surface area contributed by atoms with Gasteiger partial charge < -0.3 is 45.1 Å². The number of hydrogen-bond donors (Lipinski definition) is 5. The summed E-state index contributed by atoms with van der Waals surface area (Å²) < 4.78 is 25.5. The van der Waals surface area contributed by atoms with Crippen molar-refractivity contribution in [3.63, 3.8) is 0 Å². The number of anilines is 2. The van der Waals surface area contributed by atoms with Gasteiger partial charge in [0.15, 0.2) is 11.5 Å². The Kier molecular flexibility index (Phi) is 7.23. The third kappa shape index (κ3) is 5.36. The molecule has 5 rings (SSSR count). The van der Waals surface area contributed by atoms with E-state index in [-0.39, 0.29) is 31.1 Å². The van der Waals surface area contributed by atoms with Crippen molar-refractivity contribution in [2.75, 3.05) is 24.7 Å². The molecule has 0 radical (unpaired) electrons. The van der Waals surface area contributed by atoms with Crippen molar-refractivity contribution < 1.29 is 33.6 Å². The van der Waals surface area contributed by atoms with E-state index in [2.05, 4.69) is 19.9 Å². The molecule has 16 nitrogen and oxygen atoms in total. The van der Waals surface area contributed by atoms with Crippen LogP contribution in [0.5, 0.6) is 0 Å². The van der Waals surface area contributed by atoms with Gasteiger partial charge in [-0.15, -0.1) is 0 Å². The number of aliphatic hydroxyl groups excluding tert-OH is 2. The maximum Gasteiger partial charge on any atom is 0.351 e. The smallest absolute Gasteiger partial charge is 0.351 e. The zero-order valence-electron chi connectivity index (χ0n) is 19.2. The molecule has 37 heavy (non-hydrogen) atoms. The molecule has 7 unspecified atom stereocenters. The highest BCUT2D eigenvalue weighted by Gasteiger charge is 2.42. The quantitative estimate of drug-likeness (QED) is 0.205. The Morgan fingerprint density at radius 2 is 1.92 bits per heavy atom. The SMILES string of the molecule is Nc1ccn(C2CC(OP(O)(=S)OCC3OC(n4cnc5c(N)ncnc54)CC3O)C(CO)O2)c(=O)n1. The summed E-state index contributed by atoms with van der Waals surface area (Å²) in [5.74, 6) is 0.277. The number of aromatic nitrogens is 6. The Morgan fingerprint density at radius 1 is 1.16 bits per heavy atom. The monoisotopic (exact) mass is 556 g/mol. The molecular formula is C19H25N8O8PS. The first kappa shape index (κ1) is 26.0. The van der Waals surface area contributed by atoms with Crippen LogP contribution in [0.1, 0.15) is 25.3 Å². The first-order valence-corrected chi connectivity index (χ1v) is 13.8. The van der Waals surface area contributed by atoms with E-state index in [4.69, 9.17) is 41.8 Å². The molecule has 0 bridgehead atoms. The highest BCUT2D eigenvalue weighted by molar-refractivity contribution is 8.07. The molecule has 2 aliphatic heterocycles. The summed E-state index contributed by atoms with van der Waals surface area (Å²) in [6.45, 7) is -4.58. The van der Waals surface area contributed by atoms with Gasteiger partial charge in [-0.05, 0) is 17.9 Å². The highest BCUT2D eigenvalue weighted by atomic mass is 32.5. The van der Waals surface area contributed by atoms with Gasteiger partial charge in [0.1, 0.15) is 42.3 Å². The lowest BCUT2D eigenvalue weighted by molar-refractivity contribution is -0.0519. The Balaban J connectivity index is 1.20. The van der Waals surface area contributed by atoms with Gasteiger partial charge in [0.2, 0.25) is 0 Å². The van der Waals surface area contributed by atoms with Gasteiger partial charge in [-0.1, -0.05) is 0 Å². The number of ether oxygens (including phenoxy) is 2. The van der Waals surface area contributed by atoms with Gasteiger partial charge in [-0.25, -0.2) is 19.7 Å². The zero-order valence-corrected chi connectivity index (χ0v) is 20.9. The summed E-state index contributed by atoms with van der Waals surface area (Å²) in [4.78, 5) is 38.7. The van der Waals surface area contributed by atoms with Crippen LogP contribution in [0, 0.1) is 0 Å². The summed E-state index contributed by atoms with van der Waals surface area (Å²) in [5.41, 5.74) is 11.6. The summed E-state index contributed by atoms with van der Waals surface area (Å²) in [6, 6.07) is 1.43. The largest absolute Gasteiger partial charge is 0.394 e. The number of imidazole rings is 1. The van der Waals surface area contributed by atoms with Gasteiger partial charge in [-0.2, -0.15) is 4.98 Å². The van der Waals surface area contributed by atoms with E-state index in [0.29, 0.717) is 11.2 Å².